The molecule has 84 valence electrons. The molecule has 1 aromatic heterocycles. The summed E-state index contributed by atoms with van der Waals surface area (Å²) in [6, 6.07) is 4.11. The smallest absolute Gasteiger partial charge is 0.239 e. The summed E-state index contributed by atoms with van der Waals surface area (Å²) in [4.78, 5) is 13.0. The Morgan fingerprint density at radius 3 is 2.80 bits per heavy atom. The first-order valence-corrected chi connectivity index (χ1v) is 5.94. The van der Waals surface area contributed by atoms with E-state index in [-0.39, 0.29) is 5.91 Å². The van der Waals surface area contributed by atoms with Gasteiger partial charge in [0.05, 0.1) is 5.54 Å². The van der Waals surface area contributed by atoms with E-state index in [1.54, 1.807) is 18.4 Å². The van der Waals surface area contributed by atoms with Gasteiger partial charge in [0.2, 0.25) is 5.91 Å². The van der Waals surface area contributed by atoms with Gasteiger partial charge < -0.3 is 10.6 Å². The molecule has 0 aliphatic carbocycles. The zero-order chi connectivity index (χ0) is 11.3. The number of carbonyl (C=O) groups is 1. The molecule has 1 amide bonds. The molecule has 4 heteroatoms. The Hall–Kier alpha value is -0.870. The van der Waals surface area contributed by atoms with Crippen LogP contribution in [0.5, 0.6) is 0 Å². The van der Waals surface area contributed by atoms with Gasteiger partial charge in [-0.3, -0.25) is 4.79 Å². The fourth-order valence-electron chi connectivity index (χ4n) is 1.09. The summed E-state index contributed by atoms with van der Waals surface area (Å²) in [6.07, 6.45) is 0.906. The molecule has 1 rings (SSSR count). The highest BCUT2D eigenvalue weighted by Gasteiger charge is 2.24. The van der Waals surface area contributed by atoms with Gasteiger partial charge in [0.1, 0.15) is 0 Å². The van der Waals surface area contributed by atoms with Crippen molar-refractivity contribution in [2.45, 2.75) is 25.8 Å². The lowest BCUT2D eigenvalue weighted by Gasteiger charge is -2.22. The Kier molecular flexibility index (Phi) is 4.29. The van der Waals surface area contributed by atoms with Crippen molar-refractivity contribution in [2.75, 3.05) is 13.6 Å². The number of nitrogens with one attached hydrogen (secondary N) is 2. The Balaban J connectivity index is 2.29. The molecule has 1 aromatic rings. The van der Waals surface area contributed by atoms with Crippen LogP contribution in [0, 0.1) is 0 Å². The first-order valence-electron chi connectivity index (χ1n) is 5.06. The number of amides is 1. The predicted octanol–water partition coefficient (Wildman–Crippen LogP) is 1.40. The predicted molar refractivity (Wildman–Crippen MR) is 64.2 cm³/mol. The second-order valence-corrected chi connectivity index (χ2v) is 4.99. The van der Waals surface area contributed by atoms with Crippen LogP contribution in [0.3, 0.4) is 0 Å². The normalized spacial score (nSPS) is 11.4. The molecule has 0 aromatic carbocycles. The van der Waals surface area contributed by atoms with Crippen molar-refractivity contribution in [3.8, 4) is 0 Å². The summed E-state index contributed by atoms with van der Waals surface area (Å²) in [5, 5.41) is 7.94. The van der Waals surface area contributed by atoms with Crippen LogP contribution in [0.15, 0.2) is 17.5 Å². The van der Waals surface area contributed by atoms with Gasteiger partial charge in [0, 0.05) is 11.4 Å². The molecule has 0 saturated heterocycles. The molecule has 15 heavy (non-hydrogen) atoms. The van der Waals surface area contributed by atoms with Crippen LogP contribution in [0.25, 0.3) is 0 Å². The Morgan fingerprint density at radius 1 is 1.53 bits per heavy atom. The van der Waals surface area contributed by atoms with E-state index < -0.39 is 5.54 Å². The van der Waals surface area contributed by atoms with Gasteiger partial charge in [-0.25, -0.2) is 0 Å². The monoisotopic (exact) mass is 226 g/mol. The average molecular weight is 226 g/mol. The van der Waals surface area contributed by atoms with Crippen LogP contribution in [-0.2, 0) is 11.2 Å². The van der Waals surface area contributed by atoms with Crippen molar-refractivity contribution in [1.82, 2.24) is 10.6 Å². The van der Waals surface area contributed by atoms with Gasteiger partial charge >= 0.3 is 0 Å². The molecule has 0 bridgehead atoms. The number of hydrogen-bond donors (Lipinski definition) is 2. The van der Waals surface area contributed by atoms with Crippen molar-refractivity contribution in [1.29, 1.82) is 0 Å². The maximum absolute atomic E-state index is 11.7. The molecule has 0 fully saturated rings. The number of carbonyl (C=O) groups excluding carboxylic acids is 1. The number of hydrogen-bond acceptors (Lipinski definition) is 3. The average Bonchev–Trinajstić information content (AvgIpc) is 2.70. The molecule has 1 heterocycles. The molecule has 0 aliphatic rings. The zero-order valence-electron chi connectivity index (χ0n) is 9.46. The Morgan fingerprint density at radius 2 is 2.27 bits per heavy atom. The van der Waals surface area contributed by atoms with Gasteiger partial charge in [0.15, 0.2) is 0 Å². The third-order valence-electron chi connectivity index (χ3n) is 2.43. The summed E-state index contributed by atoms with van der Waals surface area (Å²) in [5.41, 5.74) is -0.491. The quantitative estimate of drug-likeness (QED) is 0.797. The SMILES string of the molecule is CNC(C)(C)C(=O)NCCc1cccs1. The van der Waals surface area contributed by atoms with E-state index in [0.29, 0.717) is 6.54 Å². The number of likely N-dealkylation sites (N-methyl/N-ethyl adjacent to an activating group) is 1. The van der Waals surface area contributed by atoms with Gasteiger partial charge in [0.25, 0.3) is 0 Å². The van der Waals surface area contributed by atoms with E-state index in [4.69, 9.17) is 0 Å². The van der Waals surface area contributed by atoms with Crippen molar-refractivity contribution >= 4 is 17.2 Å². The second kappa shape index (κ2) is 5.28. The largest absolute Gasteiger partial charge is 0.354 e. The lowest BCUT2D eigenvalue weighted by Crippen LogP contribution is -2.51. The van der Waals surface area contributed by atoms with Crippen LogP contribution in [0.1, 0.15) is 18.7 Å². The molecule has 0 unspecified atom stereocenters. The Bertz CT molecular complexity index is 306. The molecular formula is C11H18N2OS. The third-order valence-corrected chi connectivity index (χ3v) is 3.37. The van der Waals surface area contributed by atoms with Crippen molar-refractivity contribution < 1.29 is 4.79 Å². The van der Waals surface area contributed by atoms with Crippen molar-refractivity contribution in [3.63, 3.8) is 0 Å². The van der Waals surface area contributed by atoms with Crippen LogP contribution in [0.4, 0.5) is 0 Å². The molecule has 0 atom stereocenters. The molecule has 0 radical (unpaired) electrons. The maximum atomic E-state index is 11.7. The van der Waals surface area contributed by atoms with Gasteiger partial charge in [-0.1, -0.05) is 6.07 Å². The topological polar surface area (TPSA) is 41.1 Å². The second-order valence-electron chi connectivity index (χ2n) is 3.96. The van der Waals surface area contributed by atoms with E-state index in [1.807, 2.05) is 19.9 Å². The highest BCUT2D eigenvalue weighted by molar-refractivity contribution is 7.09. The third kappa shape index (κ3) is 3.64. The van der Waals surface area contributed by atoms with E-state index in [0.717, 1.165) is 6.42 Å². The van der Waals surface area contributed by atoms with Crippen LogP contribution in [0.2, 0.25) is 0 Å². The summed E-state index contributed by atoms with van der Waals surface area (Å²) in [7, 11) is 1.79. The maximum Gasteiger partial charge on any atom is 0.239 e. The molecule has 3 nitrogen and oxygen atoms in total. The highest BCUT2D eigenvalue weighted by Crippen LogP contribution is 2.08. The first kappa shape index (κ1) is 12.2. The van der Waals surface area contributed by atoms with Gasteiger partial charge in [-0.2, -0.15) is 0 Å². The summed E-state index contributed by atoms with van der Waals surface area (Å²) >= 11 is 1.72. The number of thiophene rings is 1. The zero-order valence-corrected chi connectivity index (χ0v) is 10.3. The standard InChI is InChI=1S/C11H18N2OS/c1-11(2,12-3)10(14)13-7-6-9-5-4-8-15-9/h4-5,8,12H,6-7H2,1-3H3,(H,13,14). The fraction of sp³-hybridized carbons (Fsp3) is 0.545. The lowest BCUT2D eigenvalue weighted by molar-refractivity contribution is -0.126. The van der Waals surface area contributed by atoms with Crippen LogP contribution in [-0.4, -0.2) is 25.0 Å². The van der Waals surface area contributed by atoms with Crippen molar-refractivity contribution in [2.24, 2.45) is 0 Å². The molecule has 0 saturated carbocycles. The summed E-state index contributed by atoms with van der Waals surface area (Å²) in [6.45, 7) is 4.44. The van der Waals surface area contributed by atoms with E-state index in [2.05, 4.69) is 22.1 Å². The number of rotatable bonds is 5. The minimum absolute atomic E-state index is 0.0431. The lowest BCUT2D eigenvalue weighted by atomic mass is 10.1. The van der Waals surface area contributed by atoms with E-state index >= 15 is 0 Å². The van der Waals surface area contributed by atoms with Gasteiger partial charge in [-0.15, -0.1) is 11.3 Å². The molecular weight excluding hydrogens is 208 g/mol. The minimum Gasteiger partial charge on any atom is -0.354 e. The first-order chi connectivity index (χ1) is 7.06. The van der Waals surface area contributed by atoms with Crippen LogP contribution < -0.4 is 10.6 Å². The summed E-state index contributed by atoms with van der Waals surface area (Å²) in [5.74, 6) is 0.0431. The van der Waals surface area contributed by atoms with Crippen molar-refractivity contribution in [3.05, 3.63) is 22.4 Å². The Labute approximate surface area is 94.9 Å². The summed E-state index contributed by atoms with van der Waals surface area (Å²) < 4.78 is 0. The van der Waals surface area contributed by atoms with Crippen LogP contribution >= 0.6 is 11.3 Å². The molecule has 2 N–H and O–H groups in total. The fourth-order valence-corrected chi connectivity index (χ4v) is 1.80. The van der Waals surface area contributed by atoms with E-state index in [9.17, 15) is 4.79 Å². The van der Waals surface area contributed by atoms with Gasteiger partial charge in [-0.05, 0) is 38.8 Å². The minimum atomic E-state index is -0.491. The highest BCUT2D eigenvalue weighted by atomic mass is 32.1. The molecule has 0 spiro atoms. The molecule has 0 aliphatic heterocycles. The van der Waals surface area contributed by atoms with E-state index in [1.165, 1.54) is 4.88 Å².